The summed E-state index contributed by atoms with van der Waals surface area (Å²) in [7, 11) is -8.00. The van der Waals surface area contributed by atoms with E-state index in [-0.39, 0.29) is 16.4 Å². The minimum Gasteiger partial charge on any atom is -0.264 e. The Hall–Kier alpha value is -1.74. The average molecular weight is 413 g/mol. The number of hydrogen-bond donors (Lipinski definition) is 0. The maximum absolute atomic E-state index is 12.4. The van der Waals surface area contributed by atoms with Crippen molar-refractivity contribution in [3.8, 4) is 0 Å². The van der Waals surface area contributed by atoms with Crippen LogP contribution in [0.5, 0.6) is 0 Å². The van der Waals surface area contributed by atoms with Crippen molar-refractivity contribution < 1.29 is 25.2 Å². The molecule has 1 atom stereocenters. The van der Waals surface area contributed by atoms with Gasteiger partial charge in [0.1, 0.15) is 6.10 Å². The summed E-state index contributed by atoms with van der Waals surface area (Å²) in [6.07, 6.45) is 0.0535. The lowest BCUT2D eigenvalue weighted by Gasteiger charge is -2.17. The molecule has 0 radical (unpaired) electrons. The second-order valence-electron chi connectivity index (χ2n) is 6.33. The molecule has 0 saturated heterocycles. The van der Waals surface area contributed by atoms with Crippen molar-refractivity contribution in [2.75, 3.05) is 6.61 Å². The third kappa shape index (κ3) is 6.14. The molecule has 0 amide bonds. The van der Waals surface area contributed by atoms with E-state index < -0.39 is 26.3 Å². The van der Waals surface area contributed by atoms with E-state index in [1.54, 1.807) is 24.3 Å². The van der Waals surface area contributed by atoms with E-state index in [2.05, 4.69) is 0 Å². The highest BCUT2D eigenvalue weighted by Crippen LogP contribution is 2.19. The first-order valence-corrected chi connectivity index (χ1v) is 11.4. The highest BCUT2D eigenvalue weighted by Gasteiger charge is 2.24. The van der Waals surface area contributed by atoms with E-state index in [1.807, 2.05) is 20.8 Å². The summed E-state index contributed by atoms with van der Waals surface area (Å²) in [6, 6.07) is 12.5. The van der Waals surface area contributed by atoms with Gasteiger partial charge in [0, 0.05) is 0 Å². The molecule has 0 aliphatic rings. The number of hydrogen-bond acceptors (Lipinski definition) is 6. The monoisotopic (exact) mass is 412 g/mol. The molecule has 8 heteroatoms. The van der Waals surface area contributed by atoms with Crippen molar-refractivity contribution in [3.05, 3.63) is 59.7 Å². The molecule has 0 aliphatic heterocycles. The predicted octanol–water partition coefficient (Wildman–Crippen LogP) is 3.58. The zero-order chi connectivity index (χ0) is 20.1. The van der Waals surface area contributed by atoms with Crippen LogP contribution in [0.3, 0.4) is 0 Å². The van der Waals surface area contributed by atoms with E-state index in [0.717, 1.165) is 11.1 Å². The molecule has 0 spiro atoms. The Balaban J connectivity index is 2.10. The second-order valence-corrected chi connectivity index (χ2v) is 9.51. The predicted molar refractivity (Wildman–Crippen MR) is 102 cm³/mol. The van der Waals surface area contributed by atoms with Crippen molar-refractivity contribution in [2.45, 2.75) is 49.5 Å². The minimum atomic E-state index is -4.01. The first kappa shape index (κ1) is 21.6. The lowest BCUT2D eigenvalue weighted by atomic mass is 10.2. The van der Waals surface area contributed by atoms with Gasteiger partial charge < -0.3 is 0 Å². The summed E-state index contributed by atoms with van der Waals surface area (Å²) >= 11 is 0. The Bertz CT molecular complexity index is 946. The quantitative estimate of drug-likeness (QED) is 0.585. The molecule has 0 N–H and O–H groups in total. The third-order valence-corrected chi connectivity index (χ3v) is 6.57. The van der Waals surface area contributed by atoms with Crippen molar-refractivity contribution >= 4 is 20.2 Å². The van der Waals surface area contributed by atoms with Gasteiger partial charge in [-0.3, -0.25) is 8.37 Å². The minimum absolute atomic E-state index is 0.0183. The summed E-state index contributed by atoms with van der Waals surface area (Å²) in [6.45, 7) is 5.16. The van der Waals surface area contributed by atoms with E-state index in [4.69, 9.17) is 8.37 Å². The molecule has 1 unspecified atom stereocenters. The standard InChI is InChI=1S/C19H24O6S2/c1-4-5-17(25-27(22,23)19-12-8-16(3)9-13-19)14-24-26(20,21)18-10-6-15(2)7-11-18/h6-13,17H,4-5,14H2,1-3H3. The van der Waals surface area contributed by atoms with Gasteiger partial charge in [0.15, 0.2) is 0 Å². The Kier molecular flexibility index (Phi) is 7.16. The highest BCUT2D eigenvalue weighted by atomic mass is 32.2. The molecule has 2 aromatic carbocycles. The number of aryl methyl sites for hydroxylation is 2. The van der Waals surface area contributed by atoms with E-state index in [9.17, 15) is 16.8 Å². The summed E-state index contributed by atoms with van der Waals surface area (Å²) < 4.78 is 59.8. The van der Waals surface area contributed by atoms with Gasteiger partial charge in [-0.15, -0.1) is 0 Å². The normalized spacial score (nSPS) is 13.4. The van der Waals surface area contributed by atoms with Crippen molar-refractivity contribution in [3.63, 3.8) is 0 Å². The molecule has 2 aromatic rings. The van der Waals surface area contributed by atoms with Gasteiger partial charge in [-0.05, 0) is 44.5 Å². The van der Waals surface area contributed by atoms with Gasteiger partial charge in [-0.1, -0.05) is 48.7 Å². The van der Waals surface area contributed by atoms with Gasteiger partial charge in [0.25, 0.3) is 20.2 Å². The SMILES string of the molecule is CCCC(COS(=O)(=O)c1ccc(C)cc1)OS(=O)(=O)c1ccc(C)cc1. The summed E-state index contributed by atoms with van der Waals surface area (Å²) in [5.74, 6) is 0. The molecule has 0 fully saturated rings. The van der Waals surface area contributed by atoms with Crippen molar-refractivity contribution in [1.82, 2.24) is 0 Å². The average Bonchev–Trinajstić information content (AvgIpc) is 2.60. The van der Waals surface area contributed by atoms with Crippen LogP contribution in [0.15, 0.2) is 58.3 Å². The van der Waals surface area contributed by atoms with Crippen LogP contribution in [0.2, 0.25) is 0 Å². The van der Waals surface area contributed by atoms with Gasteiger partial charge in [0.2, 0.25) is 0 Å². The van der Waals surface area contributed by atoms with E-state index in [0.29, 0.717) is 12.8 Å². The van der Waals surface area contributed by atoms with Crippen LogP contribution in [-0.2, 0) is 28.6 Å². The van der Waals surface area contributed by atoms with Crippen molar-refractivity contribution in [1.29, 1.82) is 0 Å². The number of rotatable bonds is 9. The molecule has 0 aromatic heterocycles. The van der Waals surface area contributed by atoms with Crippen LogP contribution in [0.4, 0.5) is 0 Å². The second kappa shape index (κ2) is 8.97. The first-order chi connectivity index (χ1) is 12.6. The Morgan fingerprint density at radius 3 is 1.67 bits per heavy atom. The van der Waals surface area contributed by atoms with Crippen LogP contribution in [0, 0.1) is 13.8 Å². The Morgan fingerprint density at radius 2 is 1.22 bits per heavy atom. The van der Waals surface area contributed by atoms with Crippen LogP contribution >= 0.6 is 0 Å². The van der Waals surface area contributed by atoms with E-state index >= 15 is 0 Å². The third-order valence-electron chi connectivity index (χ3n) is 3.90. The fourth-order valence-corrected chi connectivity index (χ4v) is 4.39. The smallest absolute Gasteiger partial charge is 0.264 e. The highest BCUT2D eigenvalue weighted by molar-refractivity contribution is 7.87. The maximum Gasteiger partial charge on any atom is 0.297 e. The largest absolute Gasteiger partial charge is 0.297 e. The first-order valence-electron chi connectivity index (χ1n) is 8.60. The van der Waals surface area contributed by atoms with Crippen LogP contribution in [0.1, 0.15) is 30.9 Å². The fraction of sp³-hybridized carbons (Fsp3) is 0.368. The molecular weight excluding hydrogens is 388 g/mol. The molecular formula is C19H24O6S2. The Labute approximate surface area is 161 Å². The topological polar surface area (TPSA) is 86.7 Å². The molecule has 0 heterocycles. The van der Waals surface area contributed by atoms with Crippen LogP contribution in [-0.4, -0.2) is 29.5 Å². The molecule has 2 rings (SSSR count). The van der Waals surface area contributed by atoms with Crippen molar-refractivity contribution in [2.24, 2.45) is 0 Å². The van der Waals surface area contributed by atoms with Gasteiger partial charge in [-0.2, -0.15) is 16.8 Å². The molecule has 0 saturated carbocycles. The summed E-state index contributed by atoms with van der Waals surface area (Å²) in [4.78, 5) is 0.0420. The number of benzene rings is 2. The van der Waals surface area contributed by atoms with Crippen LogP contribution < -0.4 is 0 Å². The zero-order valence-electron chi connectivity index (χ0n) is 15.6. The molecule has 148 valence electrons. The molecule has 0 aliphatic carbocycles. The molecule has 6 nitrogen and oxygen atoms in total. The maximum atomic E-state index is 12.4. The summed E-state index contributed by atoms with van der Waals surface area (Å²) in [5, 5.41) is 0. The lowest BCUT2D eigenvalue weighted by molar-refractivity contribution is 0.129. The fourth-order valence-electron chi connectivity index (χ4n) is 2.36. The van der Waals surface area contributed by atoms with E-state index in [1.165, 1.54) is 24.3 Å². The van der Waals surface area contributed by atoms with Gasteiger partial charge in [-0.25, -0.2) is 0 Å². The lowest BCUT2D eigenvalue weighted by Crippen LogP contribution is -2.25. The van der Waals surface area contributed by atoms with Gasteiger partial charge in [0.05, 0.1) is 16.4 Å². The summed E-state index contributed by atoms with van der Waals surface area (Å²) in [5.41, 5.74) is 1.84. The van der Waals surface area contributed by atoms with Gasteiger partial charge >= 0.3 is 0 Å². The van der Waals surface area contributed by atoms with Crippen LogP contribution in [0.25, 0.3) is 0 Å². The molecule has 27 heavy (non-hydrogen) atoms. The molecule has 0 bridgehead atoms. The Morgan fingerprint density at radius 1 is 0.778 bits per heavy atom. The zero-order valence-corrected chi connectivity index (χ0v) is 17.2.